The molecule has 122 valence electrons. The Morgan fingerprint density at radius 1 is 1.43 bits per heavy atom. The first-order chi connectivity index (χ1) is 10.9. The molecule has 1 N–H and O–H groups in total. The van der Waals surface area contributed by atoms with Crippen molar-refractivity contribution in [3.63, 3.8) is 0 Å². The molecule has 4 nitrogen and oxygen atoms in total. The number of hydrogen-bond donors (Lipinski definition) is 1. The van der Waals surface area contributed by atoms with Gasteiger partial charge in [0.25, 0.3) is 0 Å². The van der Waals surface area contributed by atoms with Crippen molar-refractivity contribution in [2.45, 2.75) is 32.3 Å². The highest BCUT2D eigenvalue weighted by Gasteiger charge is 2.25. The molecule has 1 heterocycles. The zero-order chi connectivity index (χ0) is 16.7. The minimum absolute atomic E-state index is 0.0179. The van der Waals surface area contributed by atoms with Crippen LogP contribution in [0.4, 0.5) is 5.69 Å². The maximum Gasteiger partial charge on any atom is 0.160 e. The first kappa shape index (κ1) is 16.6. The average Bonchev–Trinajstić information content (AvgIpc) is 2.91. The Balaban J connectivity index is 2.16. The summed E-state index contributed by atoms with van der Waals surface area (Å²) >= 11 is 5.09. The smallest absolute Gasteiger partial charge is 0.160 e. The SMILES string of the molecule is CC(=O)c1cc(N(C)C)c(Br)cc1-c1nc2c(s1)C(O)CCC2. The van der Waals surface area contributed by atoms with Crippen LogP contribution in [-0.4, -0.2) is 30.0 Å². The summed E-state index contributed by atoms with van der Waals surface area (Å²) in [6.07, 6.45) is 2.22. The number of halogens is 1. The highest BCUT2D eigenvalue weighted by molar-refractivity contribution is 9.10. The molecule has 6 heteroatoms. The number of aliphatic hydroxyl groups excluding tert-OH is 1. The van der Waals surface area contributed by atoms with Gasteiger partial charge in [-0.15, -0.1) is 11.3 Å². The molecule has 1 unspecified atom stereocenters. The summed E-state index contributed by atoms with van der Waals surface area (Å²) in [6.45, 7) is 1.58. The molecule has 1 aromatic heterocycles. The fraction of sp³-hybridized carbons (Fsp3) is 0.412. The second kappa shape index (κ2) is 6.34. The molecule has 1 aliphatic carbocycles. The normalized spacial score (nSPS) is 17.0. The number of aliphatic hydroxyl groups is 1. The predicted octanol–water partition coefficient (Wildman–Crippen LogP) is 4.21. The number of rotatable bonds is 3. The van der Waals surface area contributed by atoms with Crippen molar-refractivity contribution in [2.24, 2.45) is 0 Å². The lowest BCUT2D eigenvalue weighted by atomic mass is 10.0. The van der Waals surface area contributed by atoms with Crippen LogP contribution < -0.4 is 4.90 Å². The van der Waals surface area contributed by atoms with Gasteiger partial charge in [-0.1, -0.05) is 0 Å². The third-order valence-corrected chi connectivity index (χ3v) is 5.97. The van der Waals surface area contributed by atoms with Crippen molar-refractivity contribution >= 4 is 38.7 Å². The number of carbonyl (C=O) groups excluding carboxylic acids is 1. The van der Waals surface area contributed by atoms with Crippen LogP contribution in [-0.2, 0) is 6.42 Å². The van der Waals surface area contributed by atoms with E-state index < -0.39 is 6.10 Å². The molecule has 1 aliphatic rings. The van der Waals surface area contributed by atoms with Crippen molar-refractivity contribution in [3.8, 4) is 10.6 Å². The molecule has 0 spiro atoms. The van der Waals surface area contributed by atoms with Crippen LogP contribution in [0.3, 0.4) is 0 Å². The Hall–Kier alpha value is -1.24. The number of ketones is 1. The van der Waals surface area contributed by atoms with E-state index in [1.807, 2.05) is 31.1 Å². The van der Waals surface area contributed by atoms with E-state index in [-0.39, 0.29) is 5.78 Å². The minimum atomic E-state index is -0.421. The number of aromatic nitrogens is 1. The highest BCUT2D eigenvalue weighted by Crippen LogP contribution is 2.41. The number of thiazole rings is 1. The van der Waals surface area contributed by atoms with Gasteiger partial charge in [-0.25, -0.2) is 4.98 Å². The Kier molecular flexibility index (Phi) is 4.58. The summed E-state index contributed by atoms with van der Waals surface area (Å²) < 4.78 is 0.927. The van der Waals surface area contributed by atoms with Crippen LogP contribution >= 0.6 is 27.3 Å². The fourth-order valence-corrected chi connectivity index (χ4v) is 4.75. The van der Waals surface area contributed by atoms with Crippen molar-refractivity contribution < 1.29 is 9.90 Å². The van der Waals surface area contributed by atoms with Gasteiger partial charge in [-0.05, 0) is 54.2 Å². The predicted molar refractivity (Wildman–Crippen MR) is 97.5 cm³/mol. The van der Waals surface area contributed by atoms with Crippen LogP contribution in [0, 0.1) is 0 Å². The summed E-state index contributed by atoms with van der Waals surface area (Å²) in [5, 5.41) is 11.0. The van der Waals surface area contributed by atoms with Gasteiger partial charge in [0, 0.05) is 29.7 Å². The number of Topliss-reactive ketones (excluding diaryl/α,β-unsaturated/α-hetero) is 1. The van der Waals surface area contributed by atoms with Crippen LogP contribution in [0.1, 0.15) is 46.8 Å². The van der Waals surface area contributed by atoms with Gasteiger partial charge in [0.1, 0.15) is 5.01 Å². The van der Waals surface area contributed by atoms with Gasteiger partial charge in [0.2, 0.25) is 0 Å². The van der Waals surface area contributed by atoms with Crippen molar-refractivity contribution in [1.29, 1.82) is 0 Å². The summed E-state index contributed by atoms with van der Waals surface area (Å²) in [5.74, 6) is 0.0179. The Morgan fingerprint density at radius 3 is 2.78 bits per heavy atom. The number of nitrogens with zero attached hydrogens (tertiary/aromatic N) is 2. The van der Waals surface area contributed by atoms with E-state index in [1.165, 1.54) is 11.3 Å². The number of fused-ring (bicyclic) bond motifs is 1. The number of carbonyl (C=O) groups is 1. The zero-order valence-electron chi connectivity index (χ0n) is 13.4. The third kappa shape index (κ3) is 3.07. The molecular formula is C17H19BrN2O2S. The van der Waals surface area contributed by atoms with E-state index in [1.54, 1.807) is 6.92 Å². The monoisotopic (exact) mass is 394 g/mol. The molecule has 1 aromatic carbocycles. The number of benzene rings is 1. The fourth-order valence-electron chi connectivity index (χ4n) is 2.88. The van der Waals surface area contributed by atoms with Crippen molar-refractivity contribution in [1.82, 2.24) is 4.98 Å². The summed E-state index contributed by atoms with van der Waals surface area (Å²) in [4.78, 5) is 19.8. The molecule has 0 saturated carbocycles. The van der Waals surface area contributed by atoms with Crippen LogP contribution in [0.25, 0.3) is 10.6 Å². The van der Waals surface area contributed by atoms with Crippen LogP contribution in [0.15, 0.2) is 16.6 Å². The van der Waals surface area contributed by atoms with Crippen molar-refractivity contribution in [2.75, 3.05) is 19.0 Å². The van der Waals surface area contributed by atoms with Crippen molar-refractivity contribution in [3.05, 3.63) is 32.7 Å². The molecule has 23 heavy (non-hydrogen) atoms. The Morgan fingerprint density at radius 2 is 2.17 bits per heavy atom. The topological polar surface area (TPSA) is 53.4 Å². The minimum Gasteiger partial charge on any atom is -0.388 e. The summed E-state index contributed by atoms with van der Waals surface area (Å²) in [7, 11) is 3.89. The average molecular weight is 395 g/mol. The summed E-state index contributed by atoms with van der Waals surface area (Å²) in [5.41, 5.74) is 3.44. The van der Waals surface area contributed by atoms with E-state index in [9.17, 15) is 9.90 Å². The highest BCUT2D eigenvalue weighted by atomic mass is 79.9. The molecule has 1 atom stereocenters. The van der Waals surface area contributed by atoms with Gasteiger partial charge in [-0.2, -0.15) is 0 Å². The molecule has 3 rings (SSSR count). The number of hydrogen-bond acceptors (Lipinski definition) is 5. The van der Waals surface area contributed by atoms with E-state index >= 15 is 0 Å². The molecular weight excluding hydrogens is 376 g/mol. The lowest BCUT2D eigenvalue weighted by Gasteiger charge is -2.17. The van der Waals surface area contributed by atoms with Crippen LogP contribution in [0.5, 0.6) is 0 Å². The second-order valence-corrected chi connectivity index (χ2v) is 7.92. The van der Waals surface area contributed by atoms with Gasteiger partial charge < -0.3 is 10.0 Å². The lowest BCUT2D eigenvalue weighted by molar-refractivity contribution is 0.101. The molecule has 0 saturated heterocycles. The molecule has 2 aromatic rings. The maximum atomic E-state index is 12.1. The number of aryl methyl sites for hydroxylation is 1. The van der Waals surface area contributed by atoms with E-state index in [2.05, 4.69) is 15.9 Å². The second-order valence-electron chi connectivity index (χ2n) is 6.04. The third-order valence-electron chi connectivity index (χ3n) is 4.10. The number of anilines is 1. The van der Waals surface area contributed by atoms with E-state index in [0.29, 0.717) is 5.56 Å². The van der Waals surface area contributed by atoms with Crippen LogP contribution in [0.2, 0.25) is 0 Å². The molecule has 0 radical (unpaired) electrons. The van der Waals surface area contributed by atoms with Gasteiger partial charge in [-0.3, -0.25) is 4.79 Å². The first-order valence-corrected chi connectivity index (χ1v) is 9.19. The largest absolute Gasteiger partial charge is 0.388 e. The van der Waals surface area contributed by atoms with Gasteiger partial charge in [0.05, 0.1) is 22.4 Å². The summed E-state index contributed by atoms with van der Waals surface area (Å²) in [6, 6.07) is 3.86. The Labute approximate surface area is 148 Å². The van der Waals surface area contributed by atoms with E-state index in [0.717, 1.165) is 50.6 Å². The first-order valence-electron chi connectivity index (χ1n) is 7.58. The zero-order valence-corrected chi connectivity index (χ0v) is 15.8. The maximum absolute atomic E-state index is 12.1. The Bertz CT molecular complexity index is 770. The molecule has 0 bridgehead atoms. The van der Waals surface area contributed by atoms with Gasteiger partial charge >= 0.3 is 0 Å². The molecule has 0 aliphatic heterocycles. The molecule has 0 amide bonds. The molecule has 0 fully saturated rings. The standard InChI is InChI=1S/C17H19BrN2O2S/c1-9(21)10-8-14(20(2)3)12(18)7-11(10)17-19-13-5-4-6-15(22)16(13)23-17/h7-8,15,22H,4-6H2,1-3H3. The lowest BCUT2D eigenvalue weighted by Crippen LogP contribution is -2.11. The van der Waals surface area contributed by atoms with E-state index in [4.69, 9.17) is 4.98 Å². The quantitative estimate of drug-likeness (QED) is 0.792. The van der Waals surface area contributed by atoms with Gasteiger partial charge in [0.15, 0.2) is 5.78 Å².